The molecule has 74 valence electrons. The lowest BCUT2D eigenvalue weighted by molar-refractivity contribution is 0.664. The van der Waals surface area contributed by atoms with Gasteiger partial charge in [-0.2, -0.15) is 0 Å². The van der Waals surface area contributed by atoms with Crippen LogP contribution in [0.1, 0.15) is 40.5 Å². The minimum atomic E-state index is 0.564. The largest absolute Gasteiger partial charge is 0.399 e. The molecule has 1 heteroatoms. The van der Waals surface area contributed by atoms with E-state index in [9.17, 15) is 0 Å². The van der Waals surface area contributed by atoms with E-state index in [1.807, 2.05) is 0 Å². The Kier molecular flexibility index (Phi) is 3.18. The molecular weight excluding hydrogens is 158 g/mol. The van der Waals surface area contributed by atoms with Gasteiger partial charge in [0.05, 0.1) is 0 Å². The van der Waals surface area contributed by atoms with E-state index >= 15 is 0 Å². The van der Waals surface area contributed by atoms with Gasteiger partial charge in [-0.15, -0.1) is 0 Å². The summed E-state index contributed by atoms with van der Waals surface area (Å²) in [4.78, 5) is 0. The molecule has 0 amide bonds. The Morgan fingerprint density at radius 3 is 2.23 bits per heavy atom. The smallest absolute Gasteiger partial charge is 0.0340 e. The molecule has 0 heterocycles. The van der Waals surface area contributed by atoms with E-state index < -0.39 is 0 Å². The predicted molar refractivity (Wildman–Crippen MR) is 58.2 cm³/mol. The monoisotopic (exact) mass is 179 g/mol. The molecule has 2 N–H and O–H groups in total. The van der Waals surface area contributed by atoms with Crippen LogP contribution in [0.4, 0.5) is 0 Å². The first-order valence-electron chi connectivity index (χ1n) is 5.23. The summed E-state index contributed by atoms with van der Waals surface area (Å²) in [6, 6.07) is 0. The van der Waals surface area contributed by atoms with Gasteiger partial charge in [-0.25, -0.2) is 0 Å². The van der Waals surface area contributed by atoms with Crippen LogP contribution in [0.3, 0.4) is 0 Å². The molecule has 13 heavy (non-hydrogen) atoms. The van der Waals surface area contributed by atoms with Crippen LogP contribution in [-0.4, -0.2) is 0 Å². The lowest BCUT2D eigenvalue weighted by Gasteiger charge is -2.23. The van der Waals surface area contributed by atoms with Crippen LogP contribution in [0.25, 0.3) is 0 Å². The highest BCUT2D eigenvalue weighted by Gasteiger charge is 2.17. The molecule has 0 spiro atoms. The minimum absolute atomic E-state index is 0.564. The summed E-state index contributed by atoms with van der Waals surface area (Å²) in [6.45, 7) is 8.88. The fourth-order valence-electron chi connectivity index (χ4n) is 1.96. The van der Waals surface area contributed by atoms with Gasteiger partial charge in [0.15, 0.2) is 0 Å². The Labute approximate surface area is 81.7 Å². The topological polar surface area (TPSA) is 26.0 Å². The zero-order valence-electron chi connectivity index (χ0n) is 9.22. The van der Waals surface area contributed by atoms with E-state index in [1.165, 1.54) is 17.6 Å². The molecule has 0 aliphatic heterocycles. The maximum Gasteiger partial charge on any atom is 0.0340 e. The Balaban J connectivity index is 2.96. The molecule has 1 rings (SSSR count). The van der Waals surface area contributed by atoms with Crippen molar-refractivity contribution in [1.82, 2.24) is 0 Å². The van der Waals surface area contributed by atoms with Crippen molar-refractivity contribution < 1.29 is 0 Å². The number of hydrogen-bond acceptors (Lipinski definition) is 1. The SMILES string of the molecule is CC(C)C1=CCCC(C(C)C)=C1N. The number of allylic oxidation sites excluding steroid dienone is 3. The third-order valence-corrected chi connectivity index (χ3v) is 2.75. The fourth-order valence-corrected chi connectivity index (χ4v) is 1.96. The average Bonchev–Trinajstić information content (AvgIpc) is 2.03. The van der Waals surface area contributed by atoms with Gasteiger partial charge in [0.25, 0.3) is 0 Å². The van der Waals surface area contributed by atoms with E-state index in [-0.39, 0.29) is 0 Å². The first kappa shape index (κ1) is 10.4. The Bertz CT molecular complexity index is 244. The molecule has 0 saturated carbocycles. The third kappa shape index (κ3) is 2.15. The van der Waals surface area contributed by atoms with Crippen LogP contribution >= 0.6 is 0 Å². The summed E-state index contributed by atoms with van der Waals surface area (Å²) in [5.41, 5.74) is 10.0. The Morgan fingerprint density at radius 2 is 1.77 bits per heavy atom. The van der Waals surface area contributed by atoms with Crippen LogP contribution in [0.15, 0.2) is 22.9 Å². The summed E-state index contributed by atoms with van der Waals surface area (Å²) in [6.07, 6.45) is 4.62. The number of nitrogens with two attached hydrogens (primary N) is 1. The van der Waals surface area contributed by atoms with Gasteiger partial charge in [0.2, 0.25) is 0 Å². The minimum Gasteiger partial charge on any atom is -0.399 e. The van der Waals surface area contributed by atoms with Crippen LogP contribution in [0.2, 0.25) is 0 Å². The first-order chi connectivity index (χ1) is 6.04. The first-order valence-corrected chi connectivity index (χ1v) is 5.23. The highest BCUT2D eigenvalue weighted by Crippen LogP contribution is 2.30. The standard InChI is InChI=1S/C12H21N/c1-8(2)10-6-5-7-11(9(3)4)12(10)13/h6,8-9H,5,7,13H2,1-4H3. The van der Waals surface area contributed by atoms with Gasteiger partial charge in [-0.3, -0.25) is 0 Å². The van der Waals surface area contributed by atoms with Crippen LogP contribution in [0, 0.1) is 11.8 Å². The predicted octanol–water partition coefficient (Wildman–Crippen LogP) is 3.23. The van der Waals surface area contributed by atoms with Crippen molar-refractivity contribution in [2.75, 3.05) is 0 Å². The maximum absolute atomic E-state index is 6.14. The lowest BCUT2D eigenvalue weighted by Crippen LogP contribution is -2.16. The third-order valence-electron chi connectivity index (χ3n) is 2.75. The molecule has 0 radical (unpaired) electrons. The van der Waals surface area contributed by atoms with Crippen LogP contribution in [-0.2, 0) is 0 Å². The molecule has 0 aromatic rings. The van der Waals surface area contributed by atoms with Crippen molar-refractivity contribution in [2.24, 2.45) is 17.6 Å². The summed E-state index contributed by atoms with van der Waals surface area (Å²) in [5, 5.41) is 0. The van der Waals surface area contributed by atoms with Crippen molar-refractivity contribution >= 4 is 0 Å². The average molecular weight is 179 g/mol. The van der Waals surface area contributed by atoms with Crippen molar-refractivity contribution in [2.45, 2.75) is 40.5 Å². The summed E-state index contributed by atoms with van der Waals surface area (Å²) < 4.78 is 0. The molecule has 0 aromatic carbocycles. The maximum atomic E-state index is 6.14. The highest BCUT2D eigenvalue weighted by molar-refractivity contribution is 5.37. The molecule has 0 unspecified atom stereocenters. The van der Waals surface area contributed by atoms with E-state index in [0.717, 1.165) is 12.1 Å². The van der Waals surface area contributed by atoms with Crippen molar-refractivity contribution in [3.63, 3.8) is 0 Å². The van der Waals surface area contributed by atoms with Gasteiger partial charge in [0, 0.05) is 5.70 Å². The quantitative estimate of drug-likeness (QED) is 0.692. The molecular formula is C12H21N. The molecule has 0 bridgehead atoms. The second-order valence-electron chi connectivity index (χ2n) is 4.45. The number of hydrogen-bond donors (Lipinski definition) is 1. The Morgan fingerprint density at radius 1 is 1.15 bits per heavy atom. The van der Waals surface area contributed by atoms with Gasteiger partial charge in [-0.05, 0) is 35.8 Å². The molecule has 0 saturated heterocycles. The van der Waals surface area contributed by atoms with Gasteiger partial charge >= 0.3 is 0 Å². The molecule has 1 aliphatic rings. The van der Waals surface area contributed by atoms with Crippen LogP contribution < -0.4 is 5.73 Å². The second kappa shape index (κ2) is 3.99. The number of rotatable bonds is 2. The fraction of sp³-hybridized carbons (Fsp3) is 0.667. The molecule has 1 aliphatic carbocycles. The molecule has 0 atom stereocenters. The summed E-state index contributed by atoms with van der Waals surface area (Å²) >= 11 is 0. The van der Waals surface area contributed by atoms with Gasteiger partial charge < -0.3 is 5.73 Å². The van der Waals surface area contributed by atoms with Gasteiger partial charge in [-0.1, -0.05) is 33.8 Å². The van der Waals surface area contributed by atoms with Crippen molar-refractivity contribution in [1.29, 1.82) is 0 Å². The van der Waals surface area contributed by atoms with Crippen molar-refractivity contribution in [3.05, 3.63) is 22.9 Å². The highest BCUT2D eigenvalue weighted by atomic mass is 14.6. The zero-order valence-corrected chi connectivity index (χ0v) is 9.22. The van der Waals surface area contributed by atoms with Gasteiger partial charge in [0.1, 0.15) is 0 Å². The van der Waals surface area contributed by atoms with E-state index in [0.29, 0.717) is 11.8 Å². The van der Waals surface area contributed by atoms with Crippen molar-refractivity contribution in [3.8, 4) is 0 Å². The lowest BCUT2D eigenvalue weighted by atomic mass is 9.85. The van der Waals surface area contributed by atoms with E-state index in [2.05, 4.69) is 33.8 Å². The Hall–Kier alpha value is -0.720. The second-order valence-corrected chi connectivity index (χ2v) is 4.45. The normalized spacial score (nSPS) is 18.5. The summed E-state index contributed by atoms with van der Waals surface area (Å²) in [7, 11) is 0. The molecule has 0 fully saturated rings. The zero-order chi connectivity index (χ0) is 10.0. The summed E-state index contributed by atoms with van der Waals surface area (Å²) in [5.74, 6) is 1.16. The van der Waals surface area contributed by atoms with E-state index in [4.69, 9.17) is 5.73 Å². The van der Waals surface area contributed by atoms with Crippen LogP contribution in [0.5, 0.6) is 0 Å². The molecule has 0 aromatic heterocycles. The molecule has 1 nitrogen and oxygen atoms in total. The van der Waals surface area contributed by atoms with E-state index in [1.54, 1.807) is 0 Å².